The molecule has 0 aliphatic carbocycles. The Morgan fingerprint density at radius 2 is 1.44 bits per heavy atom. The number of benzene rings is 4. The predicted molar refractivity (Wildman–Crippen MR) is 158 cm³/mol. The van der Waals surface area contributed by atoms with Crippen molar-refractivity contribution in [3.05, 3.63) is 129 Å². The summed E-state index contributed by atoms with van der Waals surface area (Å²) in [5.74, 6) is -1.32. The molecule has 1 fully saturated rings. The number of carbonyl (C=O) groups excluding carboxylic acids is 2. The summed E-state index contributed by atoms with van der Waals surface area (Å²) in [6.07, 6.45) is 1.46. The van der Waals surface area contributed by atoms with Gasteiger partial charge < -0.3 is 4.74 Å². The van der Waals surface area contributed by atoms with E-state index in [9.17, 15) is 14.0 Å². The third-order valence-electron chi connectivity index (χ3n) is 5.98. The van der Waals surface area contributed by atoms with Crippen molar-refractivity contribution < 1.29 is 18.7 Å². The van der Waals surface area contributed by atoms with Crippen LogP contribution in [-0.2, 0) is 16.2 Å². The fourth-order valence-electron chi connectivity index (χ4n) is 4.08. The fourth-order valence-corrected chi connectivity index (χ4v) is 5.05. The molecule has 4 aromatic rings. The van der Waals surface area contributed by atoms with Gasteiger partial charge in [-0.1, -0.05) is 70.0 Å². The molecule has 1 saturated heterocycles. The van der Waals surface area contributed by atoms with E-state index in [1.165, 1.54) is 28.0 Å². The second-order valence-electron chi connectivity index (χ2n) is 8.46. The van der Waals surface area contributed by atoms with Crippen molar-refractivity contribution in [3.8, 4) is 5.75 Å². The summed E-state index contributed by atoms with van der Waals surface area (Å²) < 4.78 is 21.0. The Bertz CT molecular complexity index is 1530. The Balaban J connectivity index is 1.59. The average Bonchev–Trinajstić information content (AvgIpc) is 2.93. The van der Waals surface area contributed by atoms with E-state index in [-0.39, 0.29) is 27.9 Å². The summed E-state index contributed by atoms with van der Waals surface area (Å²) >= 11 is 15.3. The van der Waals surface area contributed by atoms with Gasteiger partial charge in [0.1, 0.15) is 23.7 Å². The minimum absolute atomic E-state index is 0.0412. The van der Waals surface area contributed by atoms with E-state index in [2.05, 4.69) is 15.9 Å². The largest absolute Gasteiger partial charge is 0.488 e. The first-order valence-corrected chi connectivity index (χ1v) is 13.3. The third-order valence-corrected chi connectivity index (χ3v) is 7.20. The lowest BCUT2D eigenvalue weighted by molar-refractivity contribution is -0.120. The zero-order valence-electron chi connectivity index (χ0n) is 20.2. The molecule has 4 aromatic carbocycles. The molecular formula is C30H19BrClFN2O3S. The molecule has 0 spiro atoms. The molecule has 2 amide bonds. The minimum atomic E-state index is -0.577. The van der Waals surface area contributed by atoms with Crippen LogP contribution in [0.15, 0.2) is 107 Å². The Labute approximate surface area is 243 Å². The standard InChI is InChI=1S/C30H19BrClFN2O3S/c31-20-14-15-27(38-18-24-25(32)12-7-13-26(24)33)19(16-20)17-23-28(36)34(21-8-3-1-4-9-21)30(39)35(29(23)37)22-10-5-2-6-11-22/h1-17H,18H2. The number of para-hydroxylation sites is 2. The first kappa shape index (κ1) is 26.7. The van der Waals surface area contributed by atoms with E-state index in [0.29, 0.717) is 27.2 Å². The molecule has 1 aliphatic rings. The number of hydrogen-bond acceptors (Lipinski definition) is 4. The van der Waals surface area contributed by atoms with E-state index in [0.717, 1.165) is 0 Å². The first-order chi connectivity index (χ1) is 18.8. The lowest BCUT2D eigenvalue weighted by Gasteiger charge is -2.36. The van der Waals surface area contributed by atoms with Crippen LogP contribution in [0.2, 0.25) is 5.02 Å². The number of halogens is 3. The van der Waals surface area contributed by atoms with Gasteiger partial charge in [0.2, 0.25) is 0 Å². The van der Waals surface area contributed by atoms with E-state index in [1.54, 1.807) is 72.8 Å². The van der Waals surface area contributed by atoms with Gasteiger partial charge >= 0.3 is 0 Å². The van der Waals surface area contributed by atoms with Crippen molar-refractivity contribution in [3.63, 3.8) is 0 Å². The number of ether oxygens (including phenoxy) is 1. The Hall–Kier alpha value is -3.85. The summed E-state index contributed by atoms with van der Waals surface area (Å²) in [7, 11) is 0. The highest BCUT2D eigenvalue weighted by Crippen LogP contribution is 2.33. The van der Waals surface area contributed by atoms with Gasteiger partial charge in [0.15, 0.2) is 5.11 Å². The molecule has 1 heterocycles. The number of thiocarbonyl (C=S) groups is 1. The highest BCUT2D eigenvalue weighted by molar-refractivity contribution is 9.10. The number of nitrogens with zero attached hydrogens (tertiary/aromatic N) is 2. The third kappa shape index (κ3) is 5.49. The fraction of sp³-hybridized carbons (Fsp3) is 0.0333. The summed E-state index contributed by atoms with van der Waals surface area (Å²) in [6.45, 7) is -0.151. The molecule has 5 nitrogen and oxygen atoms in total. The molecule has 0 radical (unpaired) electrons. The number of anilines is 2. The van der Waals surface area contributed by atoms with Crippen LogP contribution in [0.1, 0.15) is 11.1 Å². The van der Waals surface area contributed by atoms with Crippen LogP contribution in [0.25, 0.3) is 6.08 Å². The SMILES string of the molecule is O=C1C(=Cc2cc(Br)ccc2OCc2c(F)cccc2Cl)C(=O)N(c2ccccc2)C(=S)N1c1ccccc1. The van der Waals surface area contributed by atoms with E-state index >= 15 is 0 Å². The maximum absolute atomic E-state index is 14.3. The van der Waals surface area contributed by atoms with Crippen molar-refractivity contribution >= 4 is 74.1 Å². The van der Waals surface area contributed by atoms with Gasteiger partial charge in [0.05, 0.1) is 16.4 Å². The van der Waals surface area contributed by atoms with Gasteiger partial charge in [-0.3, -0.25) is 19.4 Å². The van der Waals surface area contributed by atoms with Crippen LogP contribution in [-0.4, -0.2) is 16.9 Å². The lowest BCUT2D eigenvalue weighted by Crippen LogP contribution is -2.56. The highest BCUT2D eigenvalue weighted by Gasteiger charge is 2.41. The van der Waals surface area contributed by atoms with Gasteiger partial charge in [-0.05, 0) is 72.9 Å². The molecule has 0 aromatic heterocycles. The van der Waals surface area contributed by atoms with Crippen LogP contribution in [0, 0.1) is 5.82 Å². The van der Waals surface area contributed by atoms with Crippen molar-refractivity contribution in [1.29, 1.82) is 0 Å². The van der Waals surface area contributed by atoms with Gasteiger partial charge in [-0.15, -0.1) is 0 Å². The van der Waals surface area contributed by atoms with Gasteiger partial charge in [-0.25, -0.2) is 4.39 Å². The van der Waals surface area contributed by atoms with Gasteiger partial charge in [0.25, 0.3) is 11.8 Å². The smallest absolute Gasteiger partial charge is 0.270 e. The van der Waals surface area contributed by atoms with E-state index in [1.807, 2.05) is 12.1 Å². The monoisotopic (exact) mass is 620 g/mol. The molecular weight excluding hydrogens is 603 g/mol. The molecule has 0 bridgehead atoms. The molecule has 0 unspecified atom stereocenters. The second kappa shape index (κ2) is 11.5. The Morgan fingerprint density at radius 1 is 0.846 bits per heavy atom. The number of carbonyl (C=O) groups is 2. The molecule has 9 heteroatoms. The van der Waals surface area contributed by atoms with Crippen molar-refractivity contribution in [2.24, 2.45) is 0 Å². The first-order valence-electron chi connectivity index (χ1n) is 11.7. The topological polar surface area (TPSA) is 49.9 Å². The quantitative estimate of drug-likeness (QED) is 0.127. The molecule has 0 saturated carbocycles. The second-order valence-corrected chi connectivity index (χ2v) is 10.2. The van der Waals surface area contributed by atoms with Crippen molar-refractivity contribution in [2.75, 3.05) is 9.80 Å². The van der Waals surface area contributed by atoms with Gasteiger partial charge in [0, 0.05) is 15.6 Å². The normalized spacial score (nSPS) is 13.6. The molecule has 0 atom stereocenters. The average molecular weight is 622 g/mol. The highest BCUT2D eigenvalue weighted by atomic mass is 79.9. The molecule has 0 N–H and O–H groups in total. The maximum atomic E-state index is 14.3. The minimum Gasteiger partial charge on any atom is -0.488 e. The molecule has 39 heavy (non-hydrogen) atoms. The van der Waals surface area contributed by atoms with E-state index in [4.69, 9.17) is 28.6 Å². The summed E-state index contributed by atoms with van der Waals surface area (Å²) in [5.41, 5.74) is 1.55. The van der Waals surface area contributed by atoms with Gasteiger partial charge in [-0.2, -0.15) is 0 Å². The summed E-state index contributed by atoms with van der Waals surface area (Å²) in [5, 5.41) is 0.273. The summed E-state index contributed by atoms with van der Waals surface area (Å²) in [6, 6.07) is 27.3. The predicted octanol–water partition coefficient (Wildman–Crippen LogP) is 7.57. The number of rotatable bonds is 6. The molecule has 194 valence electrons. The van der Waals surface area contributed by atoms with Crippen molar-refractivity contribution in [2.45, 2.75) is 6.61 Å². The lowest BCUT2D eigenvalue weighted by atomic mass is 10.0. The summed E-state index contributed by atoms with van der Waals surface area (Å²) in [4.78, 5) is 30.2. The number of amides is 2. The number of hydrogen-bond donors (Lipinski definition) is 0. The Kier molecular flexibility index (Phi) is 7.88. The molecule has 1 aliphatic heterocycles. The Morgan fingerprint density at radius 3 is 2.00 bits per heavy atom. The zero-order valence-corrected chi connectivity index (χ0v) is 23.3. The zero-order chi connectivity index (χ0) is 27.5. The van der Waals surface area contributed by atoms with Crippen LogP contribution < -0.4 is 14.5 Å². The maximum Gasteiger partial charge on any atom is 0.270 e. The van der Waals surface area contributed by atoms with Crippen molar-refractivity contribution in [1.82, 2.24) is 0 Å². The van der Waals surface area contributed by atoms with Crippen LogP contribution >= 0.6 is 39.7 Å². The molecule has 5 rings (SSSR count). The van der Waals surface area contributed by atoms with E-state index < -0.39 is 17.6 Å². The van der Waals surface area contributed by atoms with Crippen LogP contribution in [0.5, 0.6) is 5.75 Å². The van der Waals surface area contributed by atoms with Crippen LogP contribution in [0.3, 0.4) is 0 Å². The van der Waals surface area contributed by atoms with Crippen LogP contribution in [0.4, 0.5) is 15.8 Å².